The molecule has 1 aliphatic rings. The summed E-state index contributed by atoms with van der Waals surface area (Å²) in [5, 5.41) is 0. The molecule has 3 nitrogen and oxygen atoms in total. The van der Waals surface area contributed by atoms with Crippen molar-refractivity contribution in [2.24, 2.45) is 4.99 Å². The molecule has 1 fully saturated rings. The van der Waals surface area contributed by atoms with E-state index in [1.54, 1.807) is 0 Å². The number of aliphatic imine (C=N–C) groups is 1. The van der Waals surface area contributed by atoms with Crippen molar-refractivity contribution in [1.29, 1.82) is 0 Å². The van der Waals surface area contributed by atoms with E-state index in [4.69, 9.17) is 4.74 Å². The van der Waals surface area contributed by atoms with E-state index in [-0.39, 0.29) is 0 Å². The first kappa shape index (κ1) is 17.3. The van der Waals surface area contributed by atoms with E-state index in [0.29, 0.717) is 0 Å². The minimum absolute atomic E-state index is 0.823. The van der Waals surface area contributed by atoms with Crippen molar-refractivity contribution in [3.63, 3.8) is 0 Å². The highest BCUT2D eigenvalue weighted by Gasteiger charge is 2.10. The summed E-state index contributed by atoms with van der Waals surface area (Å²) in [4.78, 5) is 7.05. The van der Waals surface area contributed by atoms with Crippen LogP contribution in [0.25, 0.3) is 0 Å². The van der Waals surface area contributed by atoms with Gasteiger partial charge in [0.15, 0.2) is 0 Å². The molecule has 0 atom stereocenters. The van der Waals surface area contributed by atoms with Gasteiger partial charge in [-0.1, -0.05) is 18.2 Å². The fourth-order valence-corrected chi connectivity index (χ4v) is 3.30. The minimum Gasteiger partial charge on any atom is -0.457 e. The van der Waals surface area contributed by atoms with Crippen molar-refractivity contribution in [2.45, 2.75) is 19.3 Å². The summed E-state index contributed by atoms with van der Waals surface area (Å²) in [6, 6.07) is 26.3. The van der Waals surface area contributed by atoms with Crippen molar-refractivity contribution in [2.75, 3.05) is 18.0 Å². The molecular formula is C24H24N2O. The Morgan fingerprint density at radius 1 is 0.704 bits per heavy atom. The third kappa shape index (κ3) is 4.76. The molecule has 0 radical (unpaired) electrons. The second kappa shape index (κ2) is 8.54. The first-order chi connectivity index (χ1) is 13.4. The molecule has 1 saturated heterocycles. The number of hydrogen-bond acceptors (Lipinski definition) is 3. The molecule has 0 bridgehead atoms. The zero-order valence-electron chi connectivity index (χ0n) is 15.4. The first-order valence-electron chi connectivity index (χ1n) is 9.59. The van der Waals surface area contributed by atoms with Crippen molar-refractivity contribution in [3.05, 3.63) is 84.4 Å². The van der Waals surface area contributed by atoms with E-state index in [0.717, 1.165) is 22.7 Å². The van der Waals surface area contributed by atoms with Crippen molar-refractivity contribution in [3.8, 4) is 11.5 Å². The quantitative estimate of drug-likeness (QED) is 0.507. The summed E-state index contributed by atoms with van der Waals surface area (Å²) in [5.41, 5.74) is 3.33. The lowest BCUT2D eigenvalue weighted by atomic mass is 10.1. The lowest BCUT2D eigenvalue weighted by Gasteiger charge is -2.28. The number of nitrogens with zero attached hydrogens (tertiary/aromatic N) is 2. The standard InChI is InChI=1S/C24H24N2O/c1-3-7-23(8-4-1)27-24-15-9-20(10-16-24)19-25-21-11-13-22(14-12-21)26-17-5-2-6-18-26/h1,3-4,7-16,19H,2,5-6,17-18H2. The maximum atomic E-state index is 5.82. The Bertz CT molecular complexity index is 865. The Labute approximate surface area is 160 Å². The summed E-state index contributed by atoms with van der Waals surface area (Å²) < 4.78 is 5.82. The first-order valence-corrected chi connectivity index (χ1v) is 9.59. The molecule has 0 aliphatic carbocycles. The highest BCUT2D eigenvalue weighted by atomic mass is 16.5. The molecule has 136 valence electrons. The molecule has 1 aliphatic heterocycles. The Kier molecular flexibility index (Phi) is 5.49. The van der Waals surface area contributed by atoms with Crippen LogP contribution in [0.1, 0.15) is 24.8 Å². The third-order valence-corrected chi connectivity index (χ3v) is 4.79. The van der Waals surface area contributed by atoms with Gasteiger partial charge in [-0.2, -0.15) is 0 Å². The molecule has 3 aromatic carbocycles. The van der Waals surface area contributed by atoms with Crippen LogP contribution in [0.15, 0.2) is 83.9 Å². The van der Waals surface area contributed by atoms with Crippen LogP contribution in [-0.4, -0.2) is 19.3 Å². The van der Waals surface area contributed by atoms with Crippen LogP contribution in [0.5, 0.6) is 11.5 Å². The summed E-state index contributed by atoms with van der Waals surface area (Å²) in [7, 11) is 0. The van der Waals surface area contributed by atoms with Gasteiger partial charge >= 0.3 is 0 Å². The van der Waals surface area contributed by atoms with Crippen LogP contribution in [0, 0.1) is 0 Å². The Hall–Kier alpha value is -3.07. The normalized spacial score (nSPS) is 14.4. The number of anilines is 1. The van der Waals surface area contributed by atoms with Gasteiger partial charge in [0, 0.05) is 25.0 Å². The second-order valence-electron chi connectivity index (χ2n) is 6.81. The molecule has 0 unspecified atom stereocenters. The van der Waals surface area contributed by atoms with E-state index in [1.165, 1.54) is 38.0 Å². The average molecular weight is 356 g/mol. The van der Waals surface area contributed by atoms with Crippen LogP contribution in [0.3, 0.4) is 0 Å². The van der Waals surface area contributed by atoms with Gasteiger partial charge in [0.25, 0.3) is 0 Å². The summed E-state index contributed by atoms with van der Waals surface area (Å²) in [6.45, 7) is 2.33. The van der Waals surface area contributed by atoms with Gasteiger partial charge in [0.1, 0.15) is 11.5 Å². The predicted octanol–water partition coefficient (Wildman–Crippen LogP) is 6.22. The topological polar surface area (TPSA) is 24.8 Å². The third-order valence-electron chi connectivity index (χ3n) is 4.79. The second-order valence-corrected chi connectivity index (χ2v) is 6.81. The largest absolute Gasteiger partial charge is 0.457 e. The molecule has 27 heavy (non-hydrogen) atoms. The van der Waals surface area contributed by atoms with Gasteiger partial charge in [-0.15, -0.1) is 0 Å². The maximum absolute atomic E-state index is 5.82. The number of benzene rings is 3. The van der Waals surface area contributed by atoms with Gasteiger partial charge in [-0.3, -0.25) is 4.99 Å². The molecule has 0 N–H and O–H groups in total. The van der Waals surface area contributed by atoms with Crippen molar-refractivity contribution < 1.29 is 4.74 Å². The smallest absolute Gasteiger partial charge is 0.127 e. The van der Waals surface area contributed by atoms with E-state index in [2.05, 4.69) is 34.2 Å². The molecule has 0 amide bonds. The molecule has 3 heteroatoms. The van der Waals surface area contributed by atoms with Gasteiger partial charge in [-0.05, 0) is 85.5 Å². The van der Waals surface area contributed by atoms with Gasteiger partial charge < -0.3 is 9.64 Å². The van der Waals surface area contributed by atoms with Crippen LogP contribution in [0.4, 0.5) is 11.4 Å². The Morgan fingerprint density at radius 3 is 2.07 bits per heavy atom. The monoisotopic (exact) mass is 356 g/mol. The summed E-state index contributed by atoms with van der Waals surface area (Å²) >= 11 is 0. The number of rotatable bonds is 5. The summed E-state index contributed by atoms with van der Waals surface area (Å²) in [5.74, 6) is 1.66. The molecule has 0 aromatic heterocycles. The van der Waals surface area contributed by atoms with E-state index >= 15 is 0 Å². The van der Waals surface area contributed by atoms with Gasteiger partial charge in [-0.25, -0.2) is 0 Å². The van der Waals surface area contributed by atoms with Crippen molar-refractivity contribution in [1.82, 2.24) is 0 Å². The van der Waals surface area contributed by atoms with E-state index in [9.17, 15) is 0 Å². The van der Waals surface area contributed by atoms with Gasteiger partial charge in [0.2, 0.25) is 0 Å². The van der Waals surface area contributed by atoms with E-state index in [1.807, 2.05) is 60.8 Å². The average Bonchev–Trinajstić information content (AvgIpc) is 2.75. The minimum atomic E-state index is 0.823. The van der Waals surface area contributed by atoms with Crippen LogP contribution >= 0.6 is 0 Å². The Morgan fingerprint density at radius 2 is 1.37 bits per heavy atom. The Balaban J connectivity index is 1.37. The zero-order chi connectivity index (χ0) is 18.3. The lowest BCUT2D eigenvalue weighted by molar-refractivity contribution is 0.482. The van der Waals surface area contributed by atoms with Crippen LogP contribution in [0.2, 0.25) is 0 Å². The highest BCUT2D eigenvalue weighted by molar-refractivity contribution is 5.82. The molecule has 3 aromatic rings. The van der Waals surface area contributed by atoms with Crippen molar-refractivity contribution >= 4 is 17.6 Å². The fraction of sp³-hybridized carbons (Fsp3) is 0.208. The molecular weight excluding hydrogens is 332 g/mol. The zero-order valence-corrected chi connectivity index (χ0v) is 15.4. The lowest BCUT2D eigenvalue weighted by Crippen LogP contribution is -2.29. The SMILES string of the molecule is C(=Nc1ccc(N2CCCCC2)cc1)c1ccc(Oc2ccccc2)cc1. The number of hydrogen-bond donors (Lipinski definition) is 0. The van der Waals surface area contributed by atoms with Gasteiger partial charge in [0.05, 0.1) is 5.69 Å². The van der Waals surface area contributed by atoms with E-state index < -0.39 is 0 Å². The maximum Gasteiger partial charge on any atom is 0.127 e. The molecule has 0 saturated carbocycles. The number of ether oxygens (including phenoxy) is 1. The predicted molar refractivity (Wildman–Crippen MR) is 113 cm³/mol. The molecule has 1 heterocycles. The molecule has 0 spiro atoms. The summed E-state index contributed by atoms with van der Waals surface area (Å²) in [6.07, 6.45) is 5.84. The fourth-order valence-electron chi connectivity index (χ4n) is 3.30. The van der Waals surface area contributed by atoms with Crippen LogP contribution < -0.4 is 9.64 Å². The number of para-hydroxylation sites is 1. The highest BCUT2D eigenvalue weighted by Crippen LogP contribution is 2.24. The molecule has 4 rings (SSSR count). The van der Waals surface area contributed by atoms with Crippen LogP contribution in [-0.2, 0) is 0 Å². The number of piperidine rings is 1.